The molecule has 1 aliphatic heterocycles. The quantitative estimate of drug-likeness (QED) is 0.499. The summed E-state index contributed by atoms with van der Waals surface area (Å²) in [5, 5.41) is 0.899. The smallest absolute Gasteiger partial charge is 0.414 e. The van der Waals surface area contributed by atoms with E-state index in [0.717, 1.165) is 5.39 Å². The molecule has 6 nitrogen and oxygen atoms in total. The highest BCUT2D eigenvalue weighted by Gasteiger charge is 2.23. The van der Waals surface area contributed by atoms with Crippen molar-refractivity contribution in [3.05, 3.63) is 65.9 Å². The number of furan rings is 1. The number of rotatable bonds is 5. The minimum Gasteiger partial charge on any atom is -0.493 e. The second-order valence-electron chi connectivity index (χ2n) is 6.04. The van der Waals surface area contributed by atoms with Crippen LogP contribution in [-0.4, -0.2) is 32.1 Å². The highest BCUT2D eigenvalue weighted by atomic mass is 16.6. The van der Waals surface area contributed by atoms with Crippen LogP contribution in [0.1, 0.15) is 16.1 Å². The molecule has 1 amide bonds. The van der Waals surface area contributed by atoms with Crippen LogP contribution < -0.4 is 9.64 Å². The second-order valence-corrected chi connectivity index (χ2v) is 6.04. The zero-order valence-electron chi connectivity index (χ0n) is 14.7. The molecule has 1 fully saturated rings. The minimum absolute atomic E-state index is 0.183. The van der Waals surface area contributed by atoms with Crippen LogP contribution in [-0.2, 0) is 4.74 Å². The van der Waals surface area contributed by atoms with Crippen molar-refractivity contribution in [1.82, 2.24) is 0 Å². The third-order valence-electron chi connectivity index (χ3n) is 4.35. The zero-order valence-corrected chi connectivity index (χ0v) is 14.7. The van der Waals surface area contributed by atoms with Crippen molar-refractivity contribution in [2.45, 2.75) is 0 Å². The van der Waals surface area contributed by atoms with Crippen molar-refractivity contribution < 1.29 is 23.5 Å². The number of cyclic esters (lactones) is 1. The van der Waals surface area contributed by atoms with Gasteiger partial charge < -0.3 is 13.9 Å². The van der Waals surface area contributed by atoms with Crippen LogP contribution in [0.3, 0.4) is 0 Å². The molecule has 3 aromatic rings. The van der Waals surface area contributed by atoms with Crippen molar-refractivity contribution >= 4 is 34.6 Å². The van der Waals surface area contributed by atoms with E-state index in [1.54, 1.807) is 37.5 Å². The lowest BCUT2D eigenvalue weighted by molar-refractivity contribution is 0.104. The van der Waals surface area contributed by atoms with Gasteiger partial charge in [-0.15, -0.1) is 0 Å². The first kappa shape index (κ1) is 16.9. The first-order valence-electron chi connectivity index (χ1n) is 8.49. The Morgan fingerprint density at radius 3 is 2.81 bits per heavy atom. The fourth-order valence-electron chi connectivity index (χ4n) is 3.01. The Bertz CT molecular complexity index is 1050. The number of ketones is 1. The summed E-state index contributed by atoms with van der Waals surface area (Å²) in [5.41, 5.74) is 1.77. The number of anilines is 1. The van der Waals surface area contributed by atoms with Crippen molar-refractivity contribution in [3.63, 3.8) is 0 Å². The van der Waals surface area contributed by atoms with E-state index in [0.29, 0.717) is 41.5 Å². The Morgan fingerprint density at radius 1 is 1.19 bits per heavy atom. The van der Waals surface area contributed by atoms with Gasteiger partial charge in [-0.05, 0) is 36.4 Å². The van der Waals surface area contributed by atoms with Gasteiger partial charge in [0.25, 0.3) is 0 Å². The number of fused-ring (bicyclic) bond motifs is 1. The zero-order chi connectivity index (χ0) is 18.8. The van der Waals surface area contributed by atoms with E-state index in [1.165, 1.54) is 11.0 Å². The number of allylic oxidation sites excluding steroid dienone is 1. The Labute approximate surface area is 155 Å². The van der Waals surface area contributed by atoms with E-state index in [1.807, 2.05) is 24.3 Å². The highest BCUT2D eigenvalue weighted by molar-refractivity contribution is 6.07. The maximum absolute atomic E-state index is 12.5. The molecule has 6 heteroatoms. The van der Waals surface area contributed by atoms with E-state index in [9.17, 15) is 9.59 Å². The number of amides is 1. The van der Waals surface area contributed by atoms with E-state index in [4.69, 9.17) is 13.9 Å². The fourth-order valence-corrected chi connectivity index (χ4v) is 3.01. The number of carbonyl (C=O) groups is 2. The summed E-state index contributed by atoms with van der Waals surface area (Å²) in [7, 11) is 1.58. The van der Waals surface area contributed by atoms with Crippen molar-refractivity contribution in [2.24, 2.45) is 0 Å². The van der Waals surface area contributed by atoms with Crippen LogP contribution in [0.5, 0.6) is 5.75 Å². The van der Waals surface area contributed by atoms with Gasteiger partial charge in [0.2, 0.25) is 0 Å². The molecule has 0 N–H and O–H groups in total. The van der Waals surface area contributed by atoms with Gasteiger partial charge in [0.1, 0.15) is 12.4 Å². The van der Waals surface area contributed by atoms with Gasteiger partial charge >= 0.3 is 6.09 Å². The van der Waals surface area contributed by atoms with Crippen LogP contribution >= 0.6 is 0 Å². The summed E-state index contributed by atoms with van der Waals surface area (Å²) < 4.78 is 16.0. The number of para-hydroxylation sites is 1. The van der Waals surface area contributed by atoms with Gasteiger partial charge in [0.05, 0.1) is 13.7 Å². The van der Waals surface area contributed by atoms with Gasteiger partial charge in [-0.25, -0.2) is 4.79 Å². The van der Waals surface area contributed by atoms with E-state index in [2.05, 4.69) is 0 Å². The largest absolute Gasteiger partial charge is 0.493 e. The van der Waals surface area contributed by atoms with Crippen molar-refractivity contribution in [1.29, 1.82) is 0 Å². The van der Waals surface area contributed by atoms with Crippen LogP contribution in [0.2, 0.25) is 0 Å². The first-order valence-corrected chi connectivity index (χ1v) is 8.49. The number of methoxy groups -OCH3 is 1. The average Bonchev–Trinajstić information content (AvgIpc) is 3.31. The average molecular weight is 363 g/mol. The number of hydrogen-bond donors (Lipinski definition) is 0. The molecule has 27 heavy (non-hydrogen) atoms. The van der Waals surface area contributed by atoms with Gasteiger partial charge in [-0.1, -0.05) is 24.3 Å². The lowest BCUT2D eigenvalue weighted by Crippen LogP contribution is -2.23. The summed E-state index contributed by atoms with van der Waals surface area (Å²) in [6.07, 6.45) is 2.68. The van der Waals surface area contributed by atoms with Crippen LogP contribution in [0.25, 0.3) is 17.0 Å². The topological polar surface area (TPSA) is 69.0 Å². The van der Waals surface area contributed by atoms with Crippen LogP contribution in [0, 0.1) is 0 Å². The summed E-state index contributed by atoms with van der Waals surface area (Å²) in [6.45, 7) is 0.833. The van der Waals surface area contributed by atoms with Crippen molar-refractivity contribution in [3.8, 4) is 5.75 Å². The standard InChI is InChI=1S/C21H17NO5/c1-25-19-7-3-5-15-13-17(27-20(15)19)8-9-18(23)14-4-2-6-16(12-14)22-10-11-26-21(22)24/h2-9,12-13H,10-11H2,1H3/b9-8+. The molecule has 0 atom stereocenters. The molecule has 0 spiro atoms. The van der Waals surface area contributed by atoms with E-state index >= 15 is 0 Å². The molecule has 2 heterocycles. The number of hydrogen-bond acceptors (Lipinski definition) is 5. The summed E-state index contributed by atoms with van der Waals surface area (Å²) in [6, 6.07) is 14.4. The summed E-state index contributed by atoms with van der Waals surface area (Å²) >= 11 is 0. The highest BCUT2D eigenvalue weighted by Crippen LogP contribution is 2.29. The molecule has 0 bridgehead atoms. The Kier molecular flexibility index (Phi) is 4.38. The molecule has 136 valence electrons. The molecule has 0 aliphatic carbocycles. The molecule has 1 aromatic heterocycles. The van der Waals surface area contributed by atoms with Crippen LogP contribution in [0.4, 0.5) is 10.5 Å². The Hall–Kier alpha value is -3.54. The van der Waals surface area contributed by atoms with Gasteiger partial charge in [0, 0.05) is 16.6 Å². The number of ether oxygens (including phenoxy) is 2. The summed E-state index contributed by atoms with van der Waals surface area (Å²) in [5.74, 6) is 1.02. The molecular formula is C21H17NO5. The fraction of sp³-hybridized carbons (Fsp3) is 0.143. The molecule has 4 rings (SSSR count). The van der Waals surface area contributed by atoms with Gasteiger partial charge in [-0.3, -0.25) is 9.69 Å². The maximum atomic E-state index is 12.5. The third-order valence-corrected chi connectivity index (χ3v) is 4.35. The lowest BCUT2D eigenvalue weighted by atomic mass is 10.1. The van der Waals surface area contributed by atoms with Crippen LogP contribution in [0.15, 0.2) is 59.0 Å². The predicted molar refractivity (Wildman–Crippen MR) is 101 cm³/mol. The van der Waals surface area contributed by atoms with E-state index < -0.39 is 6.09 Å². The van der Waals surface area contributed by atoms with Gasteiger partial charge in [-0.2, -0.15) is 0 Å². The van der Waals surface area contributed by atoms with Crippen molar-refractivity contribution in [2.75, 3.05) is 25.2 Å². The molecule has 0 radical (unpaired) electrons. The lowest BCUT2D eigenvalue weighted by Gasteiger charge is -2.12. The molecule has 1 saturated heterocycles. The maximum Gasteiger partial charge on any atom is 0.414 e. The molecular weight excluding hydrogens is 346 g/mol. The normalized spacial score (nSPS) is 14.1. The SMILES string of the molecule is COc1cccc2cc(/C=C/C(=O)c3cccc(N4CCOC4=O)c3)oc12. The van der Waals surface area contributed by atoms with E-state index in [-0.39, 0.29) is 5.78 Å². The molecule has 0 saturated carbocycles. The first-order chi connectivity index (χ1) is 13.2. The predicted octanol–water partition coefficient (Wildman–Crippen LogP) is 4.29. The minimum atomic E-state index is -0.397. The Morgan fingerprint density at radius 2 is 2.04 bits per heavy atom. The number of benzene rings is 2. The Balaban J connectivity index is 1.56. The molecule has 2 aromatic carbocycles. The number of nitrogens with zero attached hydrogens (tertiary/aromatic N) is 1. The second kappa shape index (κ2) is 6.99. The monoisotopic (exact) mass is 363 g/mol. The van der Waals surface area contributed by atoms with Gasteiger partial charge in [0.15, 0.2) is 17.1 Å². The third kappa shape index (κ3) is 3.29. The molecule has 0 unspecified atom stereocenters. The molecule has 1 aliphatic rings. The number of carbonyl (C=O) groups excluding carboxylic acids is 2. The summed E-state index contributed by atoms with van der Waals surface area (Å²) in [4.78, 5) is 25.7.